The number of carbonyl (C=O) groups is 2. The van der Waals surface area contributed by atoms with E-state index in [9.17, 15) is 9.59 Å². The van der Waals surface area contributed by atoms with Gasteiger partial charge in [0.05, 0.1) is 19.3 Å². The number of nitrogens with zero attached hydrogens (tertiary/aromatic N) is 2. The molecule has 2 amide bonds. The zero-order chi connectivity index (χ0) is 10.8. The summed E-state index contributed by atoms with van der Waals surface area (Å²) in [6, 6.07) is 0. The molecule has 5 nitrogen and oxygen atoms in total. The van der Waals surface area contributed by atoms with Crippen LogP contribution in [0.5, 0.6) is 0 Å². The van der Waals surface area contributed by atoms with E-state index in [1.165, 1.54) is 0 Å². The van der Waals surface area contributed by atoms with Crippen LogP contribution < -0.4 is 0 Å². The van der Waals surface area contributed by atoms with Gasteiger partial charge < -0.3 is 14.5 Å². The van der Waals surface area contributed by atoms with E-state index in [0.717, 1.165) is 6.61 Å². The average molecular weight is 212 g/mol. The van der Waals surface area contributed by atoms with Gasteiger partial charge in [0.25, 0.3) is 0 Å². The van der Waals surface area contributed by atoms with Gasteiger partial charge in [-0.2, -0.15) is 0 Å². The molecule has 0 saturated carbocycles. The second kappa shape index (κ2) is 4.18. The van der Waals surface area contributed by atoms with Crippen LogP contribution >= 0.6 is 0 Å². The van der Waals surface area contributed by atoms with Crippen LogP contribution in [-0.2, 0) is 14.3 Å². The third-order valence-corrected chi connectivity index (χ3v) is 2.80. The van der Waals surface area contributed by atoms with E-state index < -0.39 is 0 Å². The molecule has 0 aliphatic carbocycles. The highest BCUT2D eigenvalue weighted by Gasteiger charge is 2.31. The minimum Gasteiger partial charge on any atom is -0.371 e. The zero-order valence-corrected chi connectivity index (χ0v) is 8.94. The Morgan fingerprint density at radius 2 is 2.27 bits per heavy atom. The van der Waals surface area contributed by atoms with Crippen molar-refractivity contribution in [2.45, 2.75) is 19.4 Å². The summed E-state index contributed by atoms with van der Waals surface area (Å²) < 4.78 is 5.08. The third-order valence-electron chi connectivity index (χ3n) is 2.80. The summed E-state index contributed by atoms with van der Waals surface area (Å²) in [7, 11) is 0. The molecule has 0 N–H and O–H groups in total. The minimum atomic E-state index is 0.0403. The van der Waals surface area contributed by atoms with Gasteiger partial charge in [0, 0.05) is 26.1 Å². The number of epoxide rings is 1. The van der Waals surface area contributed by atoms with Crippen LogP contribution in [-0.4, -0.2) is 60.5 Å². The first-order chi connectivity index (χ1) is 7.20. The molecule has 2 rings (SSSR count). The highest BCUT2D eigenvalue weighted by atomic mass is 16.6. The SMILES string of the molecule is CCC(=O)N1CCN(C[C@@H]2CO2)C(=O)C1. The van der Waals surface area contributed by atoms with E-state index in [0.29, 0.717) is 26.1 Å². The maximum atomic E-state index is 11.7. The van der Waals surface area contributed by atoms with E-state index in [-0.39, 0.29) is 24.5 Å². The van der Waals surface area contributed by atoms with E-state index in [2.05, 4.69) is 0 Å². The maximum Gasteiger partial charge on any atom is 0.242 e. The van der Waals surface area contributed by atoms with Crippen LogP contribution in [0.3, 0.4) is 0 Å². The summed E-state index contributed by atoms with van der Waals surface area (Å²) in [4.78, 5) is 26.5. The van der Waals surface area contributed by atoms with Crippen LogP contribution in [0.25, 0.3) is 0 Å². The lowest BCUT2D eigenvalue weighted by Gasteiger charge is -2.33. The van der Waals surface area contributed by atoms with Crippen LogP contribution in [0.15, 0.2) is 0 Å². The highest BCUT2D eigenvalue weighted by Crippen LogP contribution is 2.13. The van der Waals surface area contributed by atoms with Gasteiger partial charge in [-0.25, -0.2) is 0 Å². The molecule has 2 fully saturated rings. The van der Waals surface area contributed by atoms with Crippen molar-refractivity contribution in [2.75, 3.05) is 32.8 Å². The quantitative estimate of drug-likeness (QED) is 0.591. The molecule has 0 spiro atoms. The summed E-state index contributed by atoms with van der Waals surface area (Å²) in [5, 5.41) is 0. The lowest BCUT2D eigenvalue weighted by Crippen LogP contribution is -2.52. The van der Waals surface area contributed by atoms with Gasteiger partial charge in [0.15, 0.2) is 0 Å². The fourth-order valence-electron chi connectivity index (χ4n) is 1.76. The monoisotopic (exact) mass is 212 g/mol. The summed E-state index contributed by atoms with van der Waals surface area (Å²) in [5.74, 6) is 0.101. The van der Waals surface area contributed by atoms with Gasteiger partial charge >= 0.3 is 0 Å². The standard InChI is InChI=1S/C10H16N2O3/c1-2-9(13)12-4-3-11(10(14)6-12)5-8-7-15-8/h8H,2-7H2,1H3/t8-/m1/s1. The summed E-state index contributed by atoms with van der Waals surface area (Å²) in [6.07, 6.45) is 0.710. The molecular weight excluding hydrogens is 196 g/mol. The van der Waals surface area contributed by atoms with Crippen molar-refractivity contribution < 1.29 is 14.3 Å². The zero-order valence-electron chi connectivity index (χ0n) is 8.94. The molecule has 0 unspecified atom stereocenters. The topological polar surface area (TPSA) is 53.2 Å². The Balaban J connectivity index is 1.84. The lowest BCUT2D eigenvalue weighted by molar-refractivity contribution is -0.145. The molecule has 2 aliphatic heterocycles. The van der Waals surface area contributed by atoms with E-state index in [1.807, 2.05) is 6.92 Å². The second-order valence-electron chi connectivity index (χ2n) is 3.96. The predicted octanol–water partition coefficient (Wildman–Crippen LogP) is -0.534. The van der Waals surface area contributed by atoms with Crippen molar-refractivity contribution in [1.82, 2.24) is 9.80 Å². The Hall–Kier alpha value is -1.10. The largest absolute Gasteiger partial charge is 0.371 e. The third kappa shape index (κ3) is 2.47. The number of hydrogen-bond acceptors (Lipinski definition) is 3. The van der Waals surface area contributed by atoms with Gasteiger partial charge in [-0.05, 0) is 0 Å². The molecule has 0 aromatic heterocycles. The Bertz CT molecular complexity index is 276. The van der Waals surface area contributed by atoms with Gasteiger partial charge in [-0.15, -0.1) is 0 Å². The van der Waals surface area contributed by atoms with Crippen LogP contribution in [0.1, 0.15) is 13.3 Å². The van der Waals surface area contributed by atoms with Crippen molar-refractivity contribution >= 4 is 11.8 Å². The van der Waals surface area contributed by atoms with E-state index in [4.69, 9.17) is 4.74 Å². The molecule has 0 aromatic carbocycles. The van der Waals surface area contributed by atoms with Crippen molar-refractivity contribution in [3.05, 3.63) is 0 Å². The highest BCUT2D eigenvalue weighted by molar-refractivity contribution is 5.85. The molecule has 1 atom stereocenters. The average Bonchev–Trinajstić information content (AvgIpc) is 3.04. The fourth-order valence-corrected chi connectivity index (χ4v) is 1.76. The van der Waals surface area contributed by atoms with Gasteiger partial charge in [0.1, 0.15) is 0 Å². The van der Waals surface area contributed by atoms with Crippen molar-refractivity contribution in [3.63, 3.8) is 0 Å². The number of piperazine rings is 1. The number of carbonyl (C=O) groups excluding carboxylic acids is 2. The lowest BCUT2D eigenvalue weighted by atomic mass is 10.2. The molecule has 5 heteroatoms. The molecule has 15 heavy (non-hydrogen) atoms. The molecule has 0 radical (unpaired) electrons. The Morgan fingerprint density at radius 3 is 2.80 bits per heavy atom. The summed E-state index contributed by atoms with van der Waals surface area (Å²) >= 11 is 0. The number of hydrogen-bond donors (Lipinski definition) is 0. The molecule has 0 aromatic rings. The van der Waals surface area contributed by atoms with E-state index >= 15 is 0 Å². The van der Waals surface area contributed by atoms with Crippen LogP contribution in [0.4, 0.5) is 0 Å². The maximum absolute atomic E-state index is 11.7. The van der Waals surface area contributed by atoms with Crippen LogP contribution in [0.2, 0.25) is 0 Å². The summed E-state index contributed by atoms with van der Waals surface area (Å²) in [5.41, 5.74) is 0. The Morgan fingerprint density at radius 1 is 1.53 bits per heavy atom. The van der Waals surface area contributed by atoms with Gasteiger partial charge in [-0.1, -0.05) is 6.92 Å². The number of ether oxygens (including phenoxy) is 1. The molecule has 2 heterocycles. The molecular formula is C10H16N2O3. The first-order valence-electron chi connectivity index (χ1n) is 5.38. The smallest absolute Gasteiger partial charge is 0.242 e. The first-order valence-corrected chi connectivity index (χ1v) is 5.38. The number of rotatable bonds is 3. The second-order valence-corrected chi connectivity index (χ2v) is 3.96. The number of amides is 2. The van der Waals surface area contributed by atoms with Gasteiger partial charge in [-0.3, -0.25) is 9.59 Å². The van der Waals surface area contributed by atoms with Crippen molar-refractivity contribution in [2.24, 2.45) is 0 Å². The molecule has 0 bridgehead atoms. The Kier molecular flexibility index (Phi) is 2.90. The van der Waals surface area contributed by atoms with E-state index in [1.54, 1.807) is 9.80 Å². The fraction of sp³-hybridized carbons (Fsp3) is 0.800. The van der Waals surface area contributed by atoms with Crippen molar-refractivity contribution in [1.29, 1.82) is 0 Å². The predicted molar refractivity (Wildman–Crippen MR) is 53.2 cm³/mol. The summed E-state index contributed by atoms with van der Waals surface area (Å²) in [6.45, 7) is 4.81. The van der Waals surface area contributed by atoms with Crippen molar-refractivity contribution in [3.8, 4) is 0 Å². The molecule has 2 aliphatic rings. The molecule has 2 saturated heterocycles. The van der Waals surface area contributed by atoms with Crippen LogP contribution in [0, 0.1) is 0 Å². The first kappa shape index (κ1) is 10.4. The Labute approximate surface area is 89.0 Å². The van der Waals surface area contributed by atoms with Gasteiger partial charge in [0.2, 0.25) is 11.8 Å². The minimum absolute atomic E-state index is 0.0403. The molecule has 84 valence electrons. The normalized spacial score (nSPS) is 25.7.